The van der Waals surface area contributed by atoms with Crippen LogP contribution in [0.15, 0.2) is 66.7 Å². The minimum Gasteiger partial charge on any atom is -0.369 e. The maximum absolute atomic E-state index is 13.8. The highest BCUT2D eigenvalue weighted by Gasteiger charge is 2.17. The van der Waals surface area contributed by atoms with Crippen molar-refractivity contribution in [3.63, 3.8) is 0 Å². The number of hydrogen-bond donors (Lipinski definition) is 3. The Bertz CT molecular complexity index is 1390. The molecule has 1 aliphatic rings. The molecule has 4 aromatic rings. The van der Waals surface area contributed by atoms with Gasteiger partial charge in [-0.05, 0) is 55.6 Å². The van der Waals surface area contributed by atoms with Gasteiger partial charge >= 0.3 is 0 Å². The van der Waals surface area contributed by atoms with Gasteiger partial charge < -0.3 is 20.4 Å². The van der Waals surface area contributed by atoms with E-state index in [9.17, 15) is 14.0 Å². The molecule has 0 bridgehead atoms. The first kappa shape index (κ1) is 23.5. The molecule has 0 spiro atoms. The zero-order chi connectivity index (χ0) is 25.1. The summed E-state index contributed by atoms with van der Waals surface area (Å²) in [5.41, 5.74) is 3.08. The van der Waals surface area contributed by atoms with Gasteiger partial charge in [-0.1, -0.05) is 18.2 Å². The third-order valence-corrected chi connectivity index (χ3v) is 6.45. The van der Waals surface area contributed by atoms with E-state index in [-0.39, 0.29) is 24.2 Å². The van der Waals surface area contributed by atoms with Crippen molar-refractivity contribution >= 4 is 34.2 Å². The summed E-state index contributed by atoms with van der Waals surface area (Å²) in [6.07, 6.45) is 0. The number of nitrogens with one attached hydrogen (secondary N) is 3. The van der Waals surface area contributed by atoms with Crippen LogP contribution in [0.1, 0.15) is 26.3 Å². The number of amides is 2. The van der Waals surface area contributed by atoms with Crippen LogP contribution >= 0.6 is 0 Å². The second-order valence-corrected chi connectivity index (χ2v) is 8.90. The Morgan fingerprint density at radius 1 is 0.944 bits per heavy atom. The molecule has 0 unspecified atom stereocenters. The van der Waals surface area contributed by atoms with Crippen molar-refractivity contribution in [2.24, 2.45) is 0 Å². The van der Waals surface area contributed by atoms with E-state index in [2.05, 4.69) is 37.7 Å². The maximum atomic E-state index is 13.8. The zero-order valence-corrected chi connectivity index (χ0v) is 19.9. The Morgan fingerprint density at radius 3 is 2.42 bits per heavy atom. The summed E-state index contributed by atoms with van der Waals surface area (Å²) in [5.74, 6) is -0.674. The van der Waals surface area contributed by atoms with E-state index in [0.717, 1.165) is 31.9 Å². The third kappa shape index (κ3) is 5.06. The molecule has 1 fully saturated rings. The molecular formula is C27H27FN6O2. The van der Waals surface area contributed by atoms with Crippen molar-refractivity contribution in [3.05, 3.63) is 89.2 Å². The molecule has 5 rings (SSSR count). The van der Waals surface area contributed by atoms with Crippen LogP contribution in [0.5, 0.6) is 0 Å². The van der Waals surface area contributed by atoms with Crippen LogP contribution < -0.4 is 15.5 Å². The molecule has 0 saturated carbocycles. The molecule has 0 radical (unpaired) electrons. The first-order valence-corrected chi connectivity index (χ1v) is 11.8. The lowest BCUT2D eigenvalue weighted by atomic mass is 10.1. The van der Waals surface area contributed by atoms with E-state index in [4.69, 9.17) is 0 Å². The number of rotatable bonds is 6. The summed E-state index contributed by atoms with van der Waals surface area (Å²) in [6.45, 7) is 4.01. The summed E-state index contributed by atoms with van der Waals surface area (Å²) in [4.78, 5) is 30.2. The number of aromatic nitrogens is 2. The summed E-state index contributed by atoms with van der Waals surface area (Å²) in [7, 11) is 2.12. The monoisotopic (exact) mass is 486 g/mol. The molecule has 2 heterocycles. The fourth-order valence-electron chi connectivity index (χ4n) is 4.24. The van der Waals surface area contributed by atoms with Crippen LogP contribution in [0, 0.1) is 5.82 Å². The van der Waals surface area contributed by atoms with Crippen LogP contribution in [0.4, 0.5) is 15.9 Å². The highest BCUT2D eigenvalue weighted by Crippen LogP contribution is 2.23. The molecule has 0 aliphatic carbocycles. The number of fused-ring (bicyclic) bond motifs is 1. The molecule has 8 nitrogen and oxygen atoms in total. The lowest BCUT2D eigenvalue weighted by molar-refractivity contribution is 0.0950. The predicted octanol–water partition coefficient (Wildman–Crippen LogP) is 3.64. The van der Waals surface area contributed by atoms with Crippen molar-refractivity contribution in [1.29, 1.82) is 0 Å². The Balaban J connectivity index is 1.27. The van der Waals surface area contributed by atoms with Gasteiger partial charge in [0.15, 0.2) is 5.82 Å². The molecule has 3 N–H and O–H groups in total. The van der Waals surface area contributed by atoms with Crippen molar-refractivity contribution in [1.82, 2.24) is 20.4 Å². The summed E-state index contributed by atoms with van der Waals surface area (Å²) in [6, 6.07) is 18.9. The molecule has 2 amide bonds. The van der Waals surface area contributed by atoms with Gasteiger partial charge in [0.05, 0.1) is 5.52 Å². The van der Waals surface area contributed by atoms with Gasteiger partial charge in [0, 0.05) is 60.5 Å². The molecule has 1 aromatic heterocycles. The van der Waals surface area contributed by atoms with Crippen LogP contribution in [-0.4, -0.2) is 60.1 Å². The number of nitrogens with zero attached hydrogens (tertiary/aromatic N) is 3. The molecule has 9 heteroatoms. The van der Waals surface area contributed by atoms with Crippen molar-refractivity contribution < 1.29 is 14.0 Å². The number of carbonyl (C=O) groups is 2. The number of aromatic amines is 1. The van der Waals surface area contributed by atoms with E-state index in [1.54, 1.807) is 48.5 Å². The smallest absolute Gasteiger partial charge is 0.256 e. The van der Waals surface area contributed by atoms with Crippen LogP contribution in [0.25, 0.3) is 10.9 Å². The standard InChI is InChI=1S/C27H27FN6O2/c1-33-12-14-34(15-13-33)21-9-6-18(7-10-21)27(36)30-25-22-16-19(8-11-24(22)31-32-25)26(35)29-17-20-4-2-3-5-23(20)28/h2-11,16H,12-15,17H2,1H3,(H,29,35)(H2,30,31,32,36). The molecule has 1 aliphatic heterocycles. The Labute approximate surface area is 208 Å². The number of benzene rings is 3. The summed E-state index contributed by atoms with van der Waals surface area (Å²) in [5, 5.41) is 13.3. The van der Waals surface area contributed by atoms with Gasteiger partial charge in [0.1, 0.15) is 5.82 Å². The molecule has 1 saturated heterocycles. The summed E-state index contributed by atoms with van der Waals surface area (Å²) >= 11 is 0. The Kier molecular flexibility index (Phi) is 6.64. The van der Waals surface area contributed by atoms with Crippen LogP contribution in [0.2, 0.25) is 0 Å². The predicted molar refractivity (Wildman–Crippen MR) is 138 cm³/mol. The quantitative estimate of drug-likeness (QED) is 0.387. The fourth-order valence-corrected chi connectivity index (χ4v) is 4.24. The van der Waals surface area contributed by atoms with Crippen LogP contribution in [0.3, 0.4) is 0 Å². The van der Waals surface area contributed by atoms with Gasteiger partial charge in [-0.15, -0.1) is 0 Å². The van der Waals surface area contributed by atoms with Crippen molar-refractivity contribution in [2.45, 2.75) is 6.54 Å². The van der Waals surface area contributed by atoms with Gasteiger partial charge in [-0.3, -0.25) is 14.7 Å². The number of H-pyrrole nitrogens is 1. The second kappa shape index (κ2) is 10.2. The number of likely N-dealkylation sites (N-methyl/N-ethyl adjacent to an activating group) is 1. The number of anilines is 2. The number of piperazine rings is 1. The number of halogens is 1. The average Bonchev–Trinajstić information content (AvgIpc) is 3.30. The number of carbonyl (C=O) groups excluding carboxylic acids is 2. The highest BCUT2D eigenvalue weighted by molar-refractivity contribution is 6.09. The molecule has 0 atom stereocenters. The summed E-state index contributed by atoms with van der Waals surface area (Å²) < 4.78 is 13.8. The normalized spacial score (nSPS) is 14.1. The highest BCUT2D eigenvalue weighted by atomic mass is 19.1. The average molecular weight is 487 g/mol. The largest absolute Gasteiger partial charge is 0.369 e. The van der Waals surface area contributed by atoms with E-state index in [0.29, 0.717) is 33.4 Å². The van der Waals surface area contributed by atoms with E-state index in [1.807, 2.05) is 12.1 Å². The van der Waals surface area contributed by atoms with Crippen molar-refractivity contribution in [2.75, 3.05) is 43.4 Å². The van der Waals surface area contributed by atoms with E-state index >= 15 is 0 Å². The van der Waals surface area contributed by atoms with Gasteiger partial charge in [-0.2, -0.15) is 5.10 Å². The lowest BCUT2D eigenvalue weighted by Gasteiger charge is -2.34. The molecular weight excluding hydrogens is 459 g/mol. The first-order chi connectivity index (χ1) is 17.5. The van der Waals surface area contributed by atoms with Gasteiger partial charge in [0.2, 0.25) is 0 Å². The SMILES string of the molecule is CN1CCN(c2ccc(C(=O)Nc3n[nH]c4ccc(C(=O)NCc5ccccc5F)cc34)cc2)CC1. The molecule has 36 heavy (non-hydrogen) atoms. The fraction of sp³-hybridized carbons (Fsp3) is 0.222. The first-order valence-electron chi connectivity index (χ1n) is 11.8. The van der Waals surface area contributed by atoms with Crippen LogP contribution in [-0.2, 0) is 6.54 Å². The second-order valence-electron chi connectivity index (χ2n) is 8.90. The topological polar surface area (TPSA) is 93.4 Å². The number of hydrogen-bond acceptors (Lipinski definition) is 5. The molecule has 3 aromatic carbocycles. The minimum atomic E-state index is -0.371. The minimum absolute atomic E-state index is 0.0721. The van der Waals surface area contributed by atoms with E-state index < -0.39 is 0 Å². The lowest BCUT2D eigenvalue weighted by Crippen LogP contribution is -2.44. The van der Waals surface area contributed by atoms with Gasteiger partial charge in [0.25, 0.3) is 11.8 Å². The zero-order valence-electron chi connectivity index (χ0n) is 19.9. The Hall–Kier alpha value is -4.24. The van der Waals surface area contributed by atoms with Crippen molar-refractivity contribution in [3.8, 4) is 0 Å². The third-order valence-electron chi connectivity index (χ3n) is 6.45. The molecule has 184 valence electrons. The Morgan fingerprint density at radius 2 is 1.67 bits per heavy atom. The van der Waals surface area contributed by atoms with E-state index in [1.165, 1.54) is 6.07 Å². The van der Waals surface area contributed by atoms with Gasteiger partial charge in [-0.25, -0.2) is 4.39 Å². The maximum Gasteiger partial charge on any atom is 0.256 e.